The van der Waals surface area contributed by atoms with Crippen molar-refractivity contribution < 1.29 is 9.18 Å². The number of carbonyl (C=O) groups is 1. The number of halogens is 1. The molecule has 1 N–H and O–H groups in total. The molecule has 0 fully saturated rings. The molecule has 0 spiro atoms. The van der Waals surface area contributed by atoms with E-state index in [9.17, 15) is 9.18 Å². The zero-order chi connectivity index (χ0) is 14.1. The Balaban J connectivity index is 1.92. The van der Waals surface area contributed by atoms with Crippen LogP contribution in [0.1, 0.15) is 10.4 Å². The van der Waals surface area contributed by atoms with Crippen molar-refractivity contribution in [3.63, 3.8) is 0 Å². The lowest BCUT2D eigenvalue weighted by molar-refractivity contribution is 0.0993. The van der Waals surface area contributed by atoms with Crippen LogP contribution < -0.4 is 4.90 Å². The molecule has 0 aliphatic carbocycles. The standard InChI is InChI=1S/C15H12FN3O/c1-19(15(20)10-2-4-11(16)5-3-10)12-6-7-13-14(8-12)18-9-17-13/h2-9H,1H3,(H,17,18). The Bertz CT molecular complexity index is 764. The number of anilines is 1. The Hall–Kier alpha value is -2.69. The predicted octanol–water partition coefficient (Wildman–Crippen LogP) is 2.98. The Morgan fingerprint density at radius 3 is 2.70 bits per heavy atom. The summed E-state index contributed by atoms with van der Waals surface area (Å²) in [4.78, 5) is 21.0. The first-order valence-corrected chi connectivity index (χ1v) is 6.12. The van der Waals surface area contributed by atoms with E-state index in [-0.39, 0.29) is 11.7 Å². The van der Waals surface area contributed by atoms with Crippen molar-refractivity contribution >= 4 is 22.6 Å². The second kappa shape index (κ2) is 4.77. The number of fused-ring (bicyclic) bond motifs is 1. The summed E-state index contributed by atoms with van der Waals surface area (Å²) in [6.45, 7) is 0. The Kier molecular flexibility index (Phi) is 2.95. The summed E-state index contributed by atoms with van der Waals surface area (Å²) in [5, 5.41) is 0. The van der Waals surface area contributed by atoms with Gasteiger partial charge in [0.2, 0.25) is 0 Å². The highest BCUT2D eigenvalue weighted by atomic mass is 19.1. The van der Waals surface area contributed by atoms with Crippen molar-refractivity contribution in [2.45, 2.75) is 0 Å². The van der Waals surface area contributed by atoms with Gasteiger partial charge in [-0.2, -0.15) is 0 Å². The fourth-order valence-electron chi connectivity index (χ4n) is 2.04. The van der Waals surface area contributed by atoms with Crippen LogP contribution in [0.4, 0.5) is 10.1 Å². The quantitative estimate of drug-likeness (QED) is 0.777. The van der Waals surface area contributed by atoms with Crippen LogP contribution in [-0.4, -0.2) is 22.9 Å². The number of carbonyl (C=O) groups excluding carboxylic acids is 1. The third kappa shape index (κ3) is 2.14. The number of imidazole rings is 1. The number of nitrogens with zero attached hydrogens (tertiary/aromatic N) is 2. The number of hydrogen-bond acceptors (Lipinski definition) is 2. The third-order valence-electron chi connectivity index (χ3n) is 3.19. The molecule has 1 heterocycles. The zero-order valence-electron chi connectivity index (χ0n) is 10.8. The highest BCUT2D eigenvalue weighted by Crippen LogP contribution is 2.20. The van der Waals surface area contributed by atoms with Crippen LogP contribution in [0.15, 0.2) is 48.8 Å². The summed E-state index contributed by atoms with van der Waals surface area (Å²) >= 11 is 0. The van der Waals surface area contributed by atoms with Crippen LogP contribution in [0.25, 0.3) is 11.0 Å². The largest absolute Gasteiger partial charge is 0.345 e. The van der Waals surface area contributed by atoms with Crippen LogP contribution >= 0.6 is 0 Å². The van der Waals surface area contributed by atoms with Gasteiger partial charge in [-0.25, -0.2) is 9.37 Å². The number of nitrogens with one attached hydrogen (secondary N) is 1. The number of benzene rings is 2. The maximum absolute atomic E-state index is 12.9. The van der Waals surface area contributed by atoms with Crippen LogP contribution in [0.2, 0.25) is 0 Å². The van der Waals surface area contributed by atoms with Crippen molar-refractivity contribution in [1.82, 2.24) is 9.97 Å². The van der Waals surface area contributed by atoms with Crippen LogP contribution in [0.5, 0.6) is 0 Å². The molecule has 4 nitrogen and oxygen atoms in total. The van der Waals surface area contributed by atoms with Crippen molar-refractivity contribution in [2.24, 2.45) is 0 Å². The van der Waals surface area contributed by atoms with E-state index in [1.54, 1.807) is 13.4 Å². The van der Waals surface area contributed by atoms with E-state index in [0.29, 0.717) is 5.56 Å². The third-order valence-corrected chi connectivity index (χ3v) is 3.19. The van der Waals surface area contributed by atoms with Gasteiger partial charge in [0.15, 0.2) is 0 Å². The van der Waals surface area contributed by atoms with Crippen LogP contribution in [-0.2, 0) is 0 Å². The minimum absolute atomic E-state index is 0.191. The summed E-state index contributed by atoms with van der Waals surface area (Å²) in [6.07, 6.45) is 1.61. The molecule has 0 saturated heterocycles. The second-order valence-corrected chi connectivity index (χ2v) is 4.48. The molecule has 0 unspecified atom stereocenters. The summed E-state index contributed by atoms with van der Waals surface area (Å²) in [5.41, 5.74) is 2.90. The van der Waals surface area contributed by atoms with Gasteiger partial charge in [-0.15, -0.1) is 0 Å². The smallest absolute Gasteiger partial charge is 0.258 e. The second-order valence-electron chi connectivity index (χ2n) is 4.48. The minimum atomic E-state index is -0.358. The fourth-order valence-corrected chi connectivity index (χ4v) is 2.04. The molecule has 3 aromatic rings. The van der Waals surface area contributed by atoms with Gasteiger partial charge in [0, 0.05) is 18.3 Å². The first kappa shape index (κ1) is 12.3. The zero-order valence-corrected chi connectivity index (χ0v) is 10.8. The molecule has 0 bridgehead atoms. The number of hydrogen-bond donors (Lipinski definition) is 1. The Morgan fingerprint density at radius 2 is 1.95 bits per heavy atom. The molecular weight excluding hydrogens is 257 g/mol. The lowest BCUT2D eigenvalue weighted by atomic mass is 10.2. The predicted molar refractivity (Wildman–Crippen MR) is 75.2 cm³/mol. The summed E-state index contributed by atoms with van der Waals surface area (Å²) < 4.78 is 12.9. The highest BCUT2D eigenvalue weighted by molar-refractivity contribution is 6.06. The Labute approximate surface area is 114 Å². The lowest BCUT2D eigenvalue weighted by Crippen LogP contribution is -2.26. The van der Waals surface area contributed by atoms with Crippen molar-refractivity contribution in [2.75, 3.05) is 11.9 Å². The summed E-state index contributed by atoms with van der Waals surface area (Å²) in [6, 6.07) is 11.0. The normalized spacial score (nSPS) is 10.7. The van der Waals surface area contributed by atoms with E-state index in [1.165, 1.54) is 29.2 Å². The van der Waals surface area contributed by atoms with Crippen LogP contribution in [0.3, 0.4) is 0 Å². The molecule has 0 atom stereocenters. The molecular formula is C15H12FN3O. The van der Waals surface area contributed by atoms with Gasteiger partial charge in [-0.3, -0.25) is 4.79 Å². The molecule has 0 radical (unpaired) electrons. The molecule has 1 amide bonds. The molecule has 1 aromatic heterocycles. The molecule has 0 saturated carbocycles. The van der Waals surface area contributed by atoms with E-state index in [0.717, 1.165) is 16.7 Å². The summed E-state index contributed by atoms with van der Waals surface area (Å²) in [7, 11) is 1.68. The van der Waals surface area contributed by atoms with E-state index in [2.05, 4.69) is 9.97 Å². The molecule has 20 heavy (non-hydrogen) atoms. The van der Waals surface area contributed by atoms with Gasteiger partial charge >= 0.3 is 0 Å². The SMILES string of the molecule is CN(C(=O)c1ccc(F)cc1)c1ccc2nc[nH]c2c1. The number of amides is 1. The number of H-pyrrole nitrogens is 1. The van der Waals surface area contributed by atoms with Gasteiger partial charge in [0.05, 0.1) is 17.4 Å². The average Bonchev–Trinajstić information content (AvgIpc) is 2.94. The molecule has 0 aliphatic heterocycles. The molecule has 2 aromatic carbocycles. The van der Waals surface area contributed by atoms with Gasteiger partial charge in [-0.1, -0.05) is 0 Å². The number of aromatic amines is 1. The maximum Gasteiger partial charge on any atom is 0.258 e. The van der Waals surface area contributed by atoms with E-state index < -0.39 is 0 Å². The highest BCUT2D eigenvalue weighted by Gasteiger charge is 2.14. The van der Waals surface area contributed by atoms with Gasteiger partial charge in [-0.05, 0) is 42.5 Å². The molecule has 0 aliphatic rings. The van der Waals surface area contributed by atoms with Gasteiger partial charge < -0.3 is 9.88 Å². The first-order valence-electron chi connectivity index (χ1n) is 6.12. The first-order chi connectivity index (χ1) is 9.65. The maximum atomic E-state index is 12.9. The van der Waals surface area contributed by atoms with Gasteiger partial charge in [0.25, 0.3) is 5.91 Å². The van der Waals surface area contributed by atoms with Crippen molar-refractivity contribution in [1.29, 1.82) is 0 Å². The van der Waals surface area contributed by atoms with E-state index in [4.69, 9.17) is 0 Å². The van der Waals surface area contributed by atoms with E-state index in [1.807, 2.05) is 18.2 Å². The molecule has 100 valence electrons. The average molecular weight is 269 g/mol. The lowest BCUT2D eigenvalue weighted by Gasteiger charge is -2.17. The van der Waals surface area contributed by atoms with Crippen molar-refractivity contribution in [3.8, 4) is 0 Å². The Morgan fingerprint density at radius 1 is 1.20 bits per heavy atom. The van der Waals surface area contributed by atoms with Crippen LogP contribution in [0, 0.1) is 5.82 Å². The molecule has 3 rings (SSSR count). The van der Waals surface area contributed by atoms with Gasteiger partial charge in [0.1, 0.15) is 5.82 Å². The number of aromatic nitrogens is 2. The monoisotopic (exact) mass is 269 g/mol. The molecule has 5 heteroatoms. The number of rotatable bonds is 2. The van der Waals surface area contributed by atoms with Crippen molar-refractivity contribution in [3.05, 3.63) is 60.2 Å². The summed E-state index contributed by atoms with van der Waals surface area (Å²) in [5.74, 6) is -0.549. The minimum Gasteiger partial charge on any atom is -0.345 e. The van der Waals surface area contributed by atoms with E-state index >= 15 is 0 Å². The topological polar surface area (TPSA) is 49.0 Å². The fraction of sp³-hybridized carbons (Fsp3) is 0.0667.